The number of hydrogen-bond acceptors (Lipinski definition) is 4. The lowest BCUT2D eigenvalue weighted by molar-refractivity contribution is 0.269. The van der Waals surface area contributed by atoms with Crippen LogP contribution in [0.1, 0.15) is 29.4 Å². The van der Waals surface area contributed by atoms with Gasteiger partial charge in [0.25, 0.3) is 0 Å². The number of rotatable bonds is 7. The third-order valence-corrected chi connectivity index (χ3v) is 5.65. The van der Waals surface area contributed by atoms with Gasteiger partial charge in [0.05, 0.1) is 23.2 Å². The molecule has 166 valence electrons. The minimum atomic E-state index is -0.312. The number of allylic oxidation sites excluding steroid dienone is 1. The van der Waals surface area contributed by atoms with Crippen LogP contribution in [0.4, 0.5) is 4.39 Å². The van der Waals surface area contributed by atoms with Crippen molar-refractivity contribution in [2.45, 2.75) is 20.5 Å². The van der Waals surface area contributed by atoms with Crippen molar-refractivity contribution in [3.05, 3.63) is 87.4 Å². The Balaban J connectivity index is 1.66. The molecule has 0 bridgehead atoms. The van der Waals surface area contributed by atoms with Crippen molar-refractivity contribution >= 4 is 38.6 Å². The Morgan fingerprint density at radius 2 is 1.97 bits per heavy atom. The topological polar surface area (TPSA) is 70.9 Å². The van der Waals surface area contributed by atoms with Crippen LogP contribution >= 0.6 is 15.9 Å². The molecule has 0 aliphatic heterocycles. The molecule has 1 heterocycles. The standard InChI is InChI=1S/C26H21BrFN3O2/c1-3-32-24-12-18(21(27)13-25(24)33-15-17-5-4-6-20(28)10-17)11-19(14-29)26-30-22-8-7-16(2)9-23(22)31-26/h4-13H,3,15H2,1-2H3,(H,30,31)/b19-11-. The predicted molar refractivity (Wildman–Crippen MR) is 130 cm³/mol. The Morgan fingerprint density at radius 3 is 2.73 bits per heavy atom. The van der Waals surface area contributed by atoms with Crippen molar-refractivity contribution in [2.24, 2.45) is 0 Å². The van der Waals surface area contributed by atoms with Crippen LogP contribution in [0.15, 0.2) is 59.1 Å². The van der Waals surface area contributed by atoms with E-state index in [1.54, 1.807) is 30.3 Å². The number of aromatic amines is 1. The molecule has 0 unspecified atom stereocenters. The first-order chi connectivity index (χ1) is 16.0. The van der Waals surface area contributed by atoms with Crippen LogP contribution in [0, 0.1) is 24.1 Å². The quantitative estimate of drug-likeness (QED) is 0.280. The molecule has 0 fully saturated rings. The van der Waals surface area contributed by atoms with Gasteiger partial charge in [-0.15, -0.1) is 0 Å². The number of halogens is 2. The van der Waals surface area contributed by atoms with Gasteiger partial charge in [0.15, 0.2) is 11.5 Å². The molecule has 33 heavy (non-hydrogen) atoms. The molecule has 0 radical (unpaired) electrons. The number of H-pyrrole nitrogens is 1. The largest absolute Gasteiger partial charge is 0.490 e. The lowest BCUT2D eigenvalue weighted by Gasteiger charge is -2.14. The highest BCUT2D eigenvalue weighted by Crippen LogP contribution is 2.36. The lowest BCUT2D eigenvalue weighted by atomic mass is 10.1. The van der Waals surface area contributed by atoms with Crippen molar-refractivity contribution in [3.63, 3.8) is 0 Å². The van der Waals surface area contributed by atoms with Gasteiger partial charge in [-0.05, 0) is 73.0 Å². The number of nitrogens with zero attached hydrogens (tertiary/aromatic N) is 2. The first-order valence-electron chi connectivity index (χ1n) is 10.4. The maximum atomic E-state index is 13.5. The van der Waals surface area contributed by atoms with Gasteiger partial charge in [-0.2, -0.15) is 5.26 Å². The summed E-state index contributed by atoms with van der Waals surface area (Å²) in [6, 6.07) is 18.0. The summed E-state index contributed by atoms with van der Waals surface area (Å²) in [7, 11) is 0. The number of aromatic nitrogens is 2. The first-order valence-corrected chi connectivity index (χ1v) is 11.2. The summed E-state index contributed by atoms with van der Waals surface area (Å²) in [5.41, 5.74) is 4.63. The Morgan fingerprint density at radius 1 is 1.15 bits per heavy atom. The smallest absolute Gasteiger partial charge is 0.162 e. The zero-order valence-electron chi connectivity index (χ0n) is 18.2. The highest BCUT2D eigenvalue weighted by Gasteiger charge is 2.14. The van der Waals surface area contributed by atoms with E-state index >= 15 is 0 Å². The van der Waals surface area contributed by atoms with Crippen LogP contribution in [0.25, 0.3) is 22.7 Å². The number of aryl methyl sites for hydroxylation is 1. The zero-order chi connectivity index (χ0) is 23.4. The van der Waals surface area contributed by atoms with E-state index in [1.165, 1.54) is 12.1 Å². The summed E-state index contributed by atoms with van der Waals surface area (Å²) >= 11 is 3.56. The zero-order valence-corrected chi connectivity index (χ0v) is 19.7. The van der Waals surface area contributed by atoms with E-state index in [1.807, 2.05) is 32.0 Å². The Labute approximate surface area is 199 Å². The van der Waals surface area contributed by atoms with E-state index in [0.717, 1.165) is 26.6 Å². The molecule has 0 aliphatic carbocycles. The van der Waals surface area contributed by atoms with E-state index in [9.17, 15) is 9.65 Å². The summed E-state index contributed by atoms with van der Waals surface area (Å²) < 4.78 is 25.9. The van der Waals surface area contributed by atoms with Crippen LogP contribution < -0.4 is 9.47 Å². The maximum absolute atomic E-state index is 13.5. The molecule has 0 aliphatic rings. The van der Waals surface area contributed by atoms with Crippen LogP contribution in [-0.4, -0.2) is 16.6 Å². The normalized spacial score (nSPS) is 11.4. The molecular formula is C26H21BrFN3O2. The van der Waals surface area contributed by atoms with E-state index in [2.05, 4.69) is 32.0 Å². The minimum absolute atomic E-state index is 0.196. The molecule has 5 nitrogen and oxygen atoms in total. The minimum Gasteiger partial charge on any atom is -0.490 e. The molecule has 7 heteroatoms. The SMILES string of the molecule is CCOc1cc(/C=C(/C#N)c2nc3ccc(C)cc3[nH]2)c(Br)cc1OCc1cccc(F)c1. The van der Waals surface area contributed by atoms with Gasteiger partial charge in [0.2, 0.25) is 0 Å². The molecule has 1 N–H and O–H groups in total. The van der Waals surface area contributed by atoms with Gasteiger partial charge in [0, 0.05) is 4.47 Å². The summed E-state index contributed by atoms with van der Waals surface area (Å²) in [6.45, 7) is 4.52. The molecule has 0 saturated carbocycles. The van der Waals surface area contributed by atoms with Crippen molar-refractivity contribution < 1.29 is 13.9 Å². The molecule has 0 atom stereocenters. The molecule has 4 aromatic rings. The number of ether oxygens (including phenoxy) is 2. The van der Waals surface area contributed by atoms with Gasteiger partial charge in [-0.1, -0.05) is 34.1 Å². The monoisotopic (exact) mass is 505 g/mol. The van der Waals surface area contributed by atoms with Gasteiger partial charge in [0.1, 0.15) is 24.3 Å². The molecule has 1 aromatic heterocycles. The first kappa shape index (κ1) is 22.6. The van der Waals surface area contributed by atoms with Crippen molar-refractivity contribution in [1.82, 2.24) is 9.97 Å². The van der Waals surface area contributed by atoms with E-state index in [0.29, 0.717) is 35.1 Å². The fourth-order valence-electron chi connectivity index (χ4n) is 3.39. The van der Waals surface area contributed by atoms with Gasteiger partial charge in [-0.25, -0.2) is 9.37 Å². The van der Waals surface area contributed by atoms with Gasteiger partial charge < -0.3 is 14.5 Å². The highest BCUT2D eigenvalue weighted by atomic mass is 79.9. The summed E-state index contributed by atoms with van der Waals surface area (Å²) in [5, 5.41) is 9.79. The summed E-state index contributed by atoms with van der Waals surface area (Å²) in [5.74, 6) is 1.23. The van der Waals surface area contributed by atoms with E-state index < -0.39 is 0 Å². The Hall–Kier alpha value is -3.63. The molecule has 4 rings (SSSR count). The highest BCUT2D eigenvalue weighted by molar-refractivity contribution is 9.10. The average Bonchev–Trinajstić information content (AvgIpc) is 3.21. The van der Waals surface area contributed by atoms with Gasteiger partial charge in [-0.3, -0.25) is 0 Å². The summed E-state index contributed by atoms with van der Waals surface area (Å²) in [4.78, 5) is 7.77. The van der Waals surface area contributed by atoms with Crippen molar-refractivity contribution in [2.75, 3.05) is 6.61 Å². The molecule has 3 aromatic carbocycles. The van der Waals surface area contributed by atoms with Crippen molar-refractivity contribution in [3.8, 4) is 17.6 Å². The average molecular weight is 506 g/mol. The number of imidazole rings is 1. The lowest BCUT2D eigenvalue weighted by Crippen LogP contribution is -2.01. The molecular weight excluding hydrogens is 485 g/mol. The third-order valence-electron chi connectivity index (χ3n) is 4.96. The molecule has 0 amide bonds. The number of hydrogen-bond donors (Lipinski definition) is 1. The maximum Gasteiger partial charge on any atom is 0.162 e. The van der Waals surface area contributed by atoms with E-state index in [4.69, 9.17) is 9.47 Å². The Kier molecular flexibility index (Phi) is 6.76. The van der Waals surface area contributed by atoms with Crippen LogP contribution in [-0.2, 0) is 6.61 Å². The second-order valence-corrected chi connectivity index (χ2v) is 8.30. The van der Waals surface area contributed by atoms with Crippen LogP contribution in [0.3, 0.4) is 0 Å². The Bertz CT molecular complexity index is 1390. The van der Waals surface area contributed by atoms with Crippen molar-refractivity contribution in [1.29, 1.82) is 5.26 Å². The number of nitriles is 1. The second kappa shape index (κ2) is 9.88. The van der Waals surface area contributed by atoms with E-state index in [-0.39, 0.29) is 12.4 Å². The fourth-order valence-corrected chi connectivity index (χ4v) is 3.83. The fraction of sp³-hybridized carbons (Fsp3) is 0.154. The second-order valence-electron chi connectivity index (χ2n) is 7.45. The third kappa shape index (κ3) is 5.24. The predicted octanol–water partition coefficient (Wildman–Crippen LogP) is 6.81. The van der Waals surface area contributed by atoms with Crippen LogP contribution in [0.5, 0.6) is 11.5 Å². The molecule has 0 saturated heterocycles. The van der Waals surface area contributed by atoms with Crippen LogP contribution in [0.2, 0.25) is 0 Å². The number of nitrogens with one attached hydrogen (secondary N) is 1. The number of benzene rings is 3. The number of fused-ring (bicyclic) bond motifs is 1. The summed E-state index contributed by atoms with van der Waals surface area (Å²) in [6.07, 6.45) is 1.74. The molecule has 0 spiro atoms. The van der Waals surface area contributed by atoms with Gasteiger partial charge >= 0.3 is 0 Å².